The van der Waals surface area contributed by atoms with Crippen molar-refractivity contribution in [1.82, 2.24) is 4.90 Å². The number of amides is 1. The summed E-state index contributed by atoms with van der Waals surface area (Å²) in [4.78, 5) is 23.5. The van der Waals surface area contributed by atoms with Crippen molar-refractivity contribution in [2.24, 2.45) is 0 Å². The monoisotopic (exact) mass is 197 g/mol. The van der Waals surface area contributed by atoms with E-state index in [0.717, 1.165) is 13.0 Å². The maximum Gasteiger partial charge on any atom is 0.331 e. The van der Waals surface area contributed by atoms with E-state index >= 15 is 0 Å². The van der Waals surface area contributed by atoms with Crippen LogP contribution in [0.2, 0.25) is 0 Å². The molecule has 0 unspecified atom stereocenters. The van der Waals surface area contributed by atoms with Crippen molar-refractivity contribution in [3.8, 4) is 0 Å². The van der Waals surface area contributed by atoms with E-state index in [2.05, 4.69) is 0 Å². The first-order valence-corrected chi connectivity index (χ1v) is 4.85. The third-order valence-corrected chi connectivity index (χ3v) is 2.39. The molecule has 1 rings (SSSR count). The van der Waals surface area contributed by atoms with Gasteiger partial charge in [0.2, 0.25) is 5.91 Å². The van der Waals surface area contributed by atoms with Crippen molar-refractivity contribution >= 4 is 11.9 Å². The van der Waals surface area contributed by atoms with Gasteiger partial charge in [0.15, 0.2) is 0 Å². The molecule has 1 fully saturated rings. The number of carboxylic acids is 1. The molecule has 0 aliphatic carbocycles. The Morgan fingerprint density at radius 3 is 2.79 bits per heavy atom. The average molecular weight is 197 g/mol. The SMILES string of the molecule is CCC(=CCN1CCCC1=O)C(=O)O. The number of carbonyl (C=O) groups excluding carboxylic acids is 1. The van der Waals surface area contributed by atoms with Gasteiger partial charge in [0.25, 0.3) is 0 Å². The van der Waals surface area contributed by atoms with E-state index < -0.39 is 5.97 Å². The summed E-state index contributed by atoms with van der Waals surface area (Å²) in [5.41, 5.74) is 0.379. The summed E-state index contributed by atoms with van der Waals surface area (Å²) in [6.07, 6.45) is 3.62. The molecule has 4 nitrogen and oxygen atoms in total. The van der Waals surface area contributed by atoms with Crippen molar-refractivity contribution in [1.29, 1.82) is 0 Å². The molecule has 1 N–H and O–H groups in total. The lowest BCUT2D eigenvalue weighted by molar-refractivity contribution is -0.133. The lowest BCUT2D eigenvalue weighted by atomic mass is 10.2. The Labute approximate surface area is 83.2 Å². The van der Waals surface area contributed by atoms with E-state index in [1.165, 1.54) is 0 Å². The molecule has 0 bridgehead atoms. The Morgan fingerprint density at radius 1 is 1.64 bits per heavy atom. The Bertz CT molecular complexity index is 271. The molecule has 0 aromatic carbocycles. The Kier molecular flexibility index (Phi) is 3.68. The molecular formula is C10H15NO3. The van der Waals surface area contributed by atoms with Crippen LogP contribution in [0.4, 0.5) is 0 Å². The predicted molar refractivity (Wildman–Crippen MR) is 51.8 cm³/mol. The van der Waals surface area contributed by atoms with E-state index in [4.69, 9.17) is 5.11 Å². The molecule has 1 aliphatic rings. The number of rotatable bonds is 4. The fraction of sp³-hybridized carbons (Fsp3) is 0.600. The highest BCUT2D eigenvalue weighted by Gasteiger charge is 2.18. The van der Waals surface area contributed by atoms with Crippen LogP contribution >= 0.6 is 0 Å². The van der Waals surface area contributed by atoms with Gasteiger partial charge in [-0.25, -0.2) is 4.79 Å². The Morgan fingerprint density at radius 2 is 2.36 bits per heavy atom. The van der Waals surface area contributed by atoms with Gasteiger partial charge < -0.3 is 10.0 Å². The fourth-order valence-corrected chi connectivity index (χ4v) is 1.50. The lowest BCUT2D eigenvalue weighted by Gasteiger charge is -2.12. The second-order valence-electron chi connectivity index (χ2n) is 3.33. The third-order valence-electron chi connectivity index (χ3n) is 2.39. The summed E-state index contributed by atoms with van der Waals surface area (Å²) in [5.74, 6) is -0.763. The smallest absolute Gasteiger partial charge is 0.331 e. The summed E-state index contributed by atoms with van der Waals surface area (Å²) >= 11 is 0. The summed E-state index contributed by atoms with van der Waals surface area (Å²) in [7, 11) is 0. The van der Waals surface area contributed by atoms with Crippen LogP contribution in [0.3, 0.4) is 0 Å². The number of hydrogen-bond donors (Lipinski definition) is 1. The number of nitrogens with zero attached hydrogens (tertiary/aromatic N) is 1. The van der Waals surface area contributed by atoms with Crippen molar-refractivity contribution in [3.05, 3.63) is 11.6 Å². The van der Waals surface area contributed by atoms with Crippen LogP contribution in [-0.2, 0) is 9.59 Å². The van der Waals surface area contributed by atoms with Gasteiger partial charge in [-0.15, -0.1) is 0 Å². The second kappa shape index (κ2) is 4.79. The topological polar surface area (TPSA) is 57.6 Å². The molecular weight excluding hydrogens is 182 g/mol. The molecule has 14 heavy (non-hydrogen) atoms. The van der Waals surface area contributed by atoms with Crippen LogP contribution < -0.4 is 0 Å². The molecule has 1 saturated heterocycles. The molecule has 78 valence electrons. The first-order valence-electron chi connectivity index (χ1n) is 4.85. The first kappa shape index (κ1) is 10.8. The lowest BCUT2D eigenvalue weighted by Crippen LogP contribution is -2.25. The fourth-order valence-electron chi connectivity index (χ4n) is 1.50. The summed E-state index contributed by atoms with van der Waals surface area (Å²) in [6, 6.07) is 0. The highest BCUT2D eigenvalue weighted by atomic mass is 16.4. The van der Waals surface area contributed by atoms with Gasteiger partial charge >= 0.3 is 5.97 Å². The number of hydrogen-bond acceptors (Lipinski definition) is 2. The second-order valence-corrected chi connectivity index (χ2v) is 3.33. The highest BCUT2D eigenvalue weighted by molar-refractivity contribution is 5.86. The van der Waals surface area contributed by atoms with Crippen molar-refractivity contribution in [2.75, 3.05) is 13.1 Å². The van der Waals surface area contributed by atoms with Crippen molar-refractivity contribution in [2.45, 2.75) is 26.2 Å². The van der Waals surface area contributed by atoms with Gasteiger partial charge in [-0.05, 0) is 12.8 Å². The van der Waals surface area contributed by atoms with Crippen molar-refractivity contribution in [3.63, 3.8) is 0 Å². The maximum absolute atomic E-state index is 11.2. The predicted octanol–water partition coefficient (Wildman–Crippen LogP) is 1.03. The quantitative estimate of drug-likeness (QED) is 0.685. The van der Waals surface area contributed by atoms with Crippen LogP contribution in [0.25, 0.3) is 0 Å². The van der Waals surface area contributed by atoms with Gasteiger partial charge in [-0.1, -0.05) is 13.0 Å². The van der Waals surface area contributed by atoms with Crippen LogP contribution in [0.1, 0.15) is 26.2 Å². The van der Waals surface area contributed by atoms with E-state index in [1.54, 1.807) is 17.9 Å². The molecule has 1 amide bonds. The molecule has 0 spiro atoms. The normalized spacial score (nSPS) is 17.6. The Balaban J connectivity index is 2.51. The van der Waals surface area contributed by atoms with E-state index in [0.29, 0.717) is 25.0 Å². The minimum atomic E-state index is -0.890. The van der Waals surface area contributed by atoms with E-state index in [9.17, 15) is 9.59 Å². The minimum absolute atomic E-state index is 0.127. The van der Waals surface area contributed by atoms with Crippen LogP contribution in [0, 0.1) is 0 Å². The molecule has 1 heterocycles. The Hall–Kier alpha value is -1.32. The molecule has 4 heteroatoms. The maximum atomic E-state index is 11.2. The third kappa shape index (κ3) is 2.58. The zero-order valence-corrected chi connectivity index (χ0v) is 8.32. The molecule has 0 aromatic heterocycles. The number of likely N-dealkylation sites (tertiary alicyclic amines) is 1. The molecule has 0 radical (unpaired) electrons. The van der Waals surface area contributed by atoms with E-state index in [1.807, 2.05) is 0 Å². The van der Waals surface area contributed by atoms with E-state index in [-0.39, 0.29) is 5.91 Å². The number of aliphatic carboxylic acids is 1. The molecule has 0 aromatic rings. The molecule has 1 aliphatic heterocycles. The highest BCUT2D eigenvalue weighted by Crippen LogP contribution is 2.10. The summed E-state index contributed by atoms with van der Waals surface area (Å²) < 4.78 is 0. The van der Waals surface area contributed by atoms with Gasteiger partial charge in [-0.2, -0.15) is 0 Å². The first-order chi connectivity index (χ1) is 6.65. The zero-order chi connectivity index (χ0) is 10.6. The average Bonchev–Trinajstić information content (AvgIpc) is 2.52. The molecule has 0 saturated carbocycles. The van der Waals surface area contributed by atoms with Crippen LogP contribution in [0.15, 0.2) is 11.6 Å². The van der Waals surface area contributed by atoms with Gasteiger partial charge in [-0.3, -0.25) is 4.79 Å². The summed E-state index contributed by atoms with van der Waals surface area (Å²) in [5, 5.41) is 8.74. The van der Waals surface area contributed by atoms with Gasteiger partial charge in [0.1, 0.15) is 0 Å². The summed E-state index contributed by atoms with van der Waals surface area (Å²) in [6.45, 7) is 2.99. The molecule has 0 atom stereocenters. The standard InChI is InChI=1S/C10H15NO3/c1-2-8(10(13)14)5-7-11-6-3-4-9(11)12/h5H,2-4,6-7H2,1H3,(H,13,14). The van der Waals surface area contributed by atoms with Gasteiger partial charge in [0.05, 0.1) is 0 Å². The van der Waals surface area contributed by atoms with Gasteiger partial charge in [0, 0.05) is 25.1 Å². The van der Waals surface area contributed by atoms with Crippen LogP contribution in [0.5, 0.6) is 0 Å². The number of carbonyl (C=O) groups is 2. The number of carboxylic acid groups (broad SMARTS) is 1. The zero-order valence-electron chi connectivity index (χ0n) is 8.32. The van der Waals surface area contributed by atoms with Crippen LogP contribution in [-0.4, -0.2) is 35.0 Å². The largest absolute Gasteiger partial charge is 0.478 e. The van der Waals surface area contributed by atoms with Crippen molar-refractivity contribution < 1.29 is 14.7 Å². The minimum Gasteiger partial charge on any atom is -0.478 e.